The van der Waals surface area contributed by atoms with Gasteiger partial charge in [0.05, 0.1) is 29.1 Å². The van der Waals surface area contributed by atoms with Gasteiger partial charge in [-0.3, -0.25) is 10.1 Å². The molecular formula is C16H14ClF3N2O6. The predicted octanol–water partition coefficient (Wildman–Crippen LogP) is 3.05. The van der Waals surface area contributed by atoms with E-state index in [-0.39, 0.29) is 23.7 Å². The molecule has 152 valence electrons. The number of esters is 1. The summed E-state index contributed by atoms with van der Waals surface area (Å²) in [5, 5.41) is 22.4. The molecule has 1 heterocycles. The highest BCUT2D eigenvalue weighted by Crippen LogP contribution is 2.43. The maximum atomic E-state index is 13.5. The van der Waals surface area contributed by atoms with E-state index in [1.165, 1.54) is 12.1 Å². The van der Waals surface area contributed by atoms with Gasteiger partial charge >= 0.3 is 18.1 Å². The van der Waals surface area contributed by atoms with Gasteiger partial charge in [0.2, 0.25) is 0 Å². The highest BCUT2D eigenvalue weighted by Gasteiger charge is 2.47. The molecular weight excluding hydrogens is 409 g/mol. The van der Waals surface area contributed by atoms with Crippen LogP contribution in [0.5, 0.6) is 0 Å². The van der Waals surface area contributed by atoms with Crippen LogP contribution in [0.1, 0.15) is 18.4 Å². The molecule has 0 aliphatic carbocycles. The summed E-state index contributed by atoms with van der Waals surface area (Å²) in [4.78, 5) is 34.0. The molecule has 0 saturated carbocycles. The van der Waals surface area contributed by atoms with Crippen LogP contribution in [0.2, 0.25) is 0 Å². The Morgan fingerprint density at radius 1 is 1.29 bits per heavy atom. The number of carboxylic acids is 1. The van der Waals surface area contributed by atoms with Crippen LogP contribution in [0.3, 0.4) is 0 Å². The molecule has 1 unspecified atom stereocenters. The summed E-state index contributed by atoms with van der Waals surface area (Å²) in [6.45, 7) is 1.10. The molecule has 2 rings (SSSR count). The van der Waals surface area contributed by atoms with Gasteiger partial charge in [0.1, 0.15) is 5.70 Å². The summed E-state index contributed by atoms with van der Waals surface area (Å²) in [5.41, 5.74) is -4.00. The number of hydrogen-bond donors (Lipinski definition) is 2. The topological polar surface area (TPSA) is 119 Å². The Morgan fingerprint density at radius 2 is 1.89 bits per heavy atom. The second-order valence-electron chi connectivity index (χ2n) is 5.53. The number of non-ortho nitro benzene ring substituents is 1. The zero-order valence-electron chi connectivity index (χ0n) is 14.4. The summed E-state index contributed by atoms with van der Waals surface area (Å²) < 4.78 is 44.9. The van der Waals surface area contributed by atoms with Crippen molar-refractivity contribution in [2.24, 2.45) is 0 Å². The lowest BCUT2D eigenvalue weighted by Crippen LogP contribution is -2.38. The van der Waals surface area contributed by atoms with Crippen molar-refractivity contribution in [3.8, 4) is 0 Å². The van der Waals surface area contributed by atoms with Gasteiger partial charge in [-0.1, -0.05) is 12.1 Å². The Bertz CT molecular complexity index is 895. The SMILES string of the molecule is COC(=O)C1=C(C(F)(F)F)NC(C)=C(C(=O)O)C1c1cccc([N+](=O)[O-])c1.Cl. The maximum absolute atomic E-state index is 13.5. The lowest BCUT2D eigenvalue weighted by molar-refractivity contribution is -0.384. The molecule has 28 heavy (non-hydrogen) atoms. The van der Waals surface area contributed by atoms with Crippen molar-refractivity contribution in [3.63, 3.8) is 0 Å². The summed E-state index contributed by atoms with van der Waals surface area (Å²) >= 11 is 0. The number of nitro groups is 1. The number of dihydropyridines is 1. The smallest absolute Gasteiger partial charge is 0.431 e. The summed E-state index contributed by atoms with van der Waals surface area (Å²) in [6, 6.07) is 4.40. The third-order valence-electron chi connectivity index (χ3n) is 3.90. The normalized spacial score (nSPS) is 16.8. The molecule has 0 amide bonds. The number of carbonyl (C=O) groups excluding carboxylic acids is 1. The molecule has 0 spiro atoms. The predicted molar refractivity (Wildman–Crippen MR) is 91.7 cm³/mol. The van der Waals surface area contributed by atoms with Crippen LogP contribution in [0, 0.1) is 10.1 Å². The molecule has 0 fully saturated rings. The molecule has 1 aliphatic rings. The van der Waals surface area contributed by atoms with Gasteiger partial charge in [-0.05, 0) is 12.5 Å². The van der Waals surface area contributed by atoms with Gasteiger partial charge in [0.15, 0.2) is 0 Å². The van der Waals surface area contributed by atoms with E-state index in [0.717, 1.165) is 26.2 Å². The van der Waals surface area contributed by atoms with Gasteiger partial charge in [-0.2, -0.15) is 13.2 Å². The van der Waals surface area contributed by atoms with E-state index in [1.54, 1.807) is 0 Å². The summed E-state index contributed by atoms with van der Waals surface area (Å²) in [7, 11) is 0.847. The standard InChI is InChI=1S/C16H13F3N2O6.ClH/c1-7-10(14(22)23)11(8-4-3-5-9(6-8)21(25)26)12(15(24)27-2)13(20-7)16(17,18)19;/h3-6,11,20H,1-2H3,(H,22,23);1H. The Hall–Kier alpha value is -3.08. The largest absolute Gasteiger partial charge is 0.478 e. The number of hydrogen-bond acceptors (Lipinski definition) is 6. The quantitative estimate of drug-likeness (QED) is 0.435. The molecule has 0 radical (unpaired) electrons. The molecule has 1 atom stereocenters. The van der Waals surface area contributed by atoms with E-state index >= 15 is 0 Å². The van der Waals surface area contributed by atoms with Crippen LogP contribution in [-0.4, -0.2) is 35.3 Å². The van der Waals surface area contributed by atoms with Gasteiger partial charge in [0.25, 0.3) is 5.69 Å². The van der Waals surface area contributed by atoms with Crippen molar-refractivity contribution in [3.05, 3.63) is 62.5 Å². The molecule has 1 aromatic rings. The average molecular weight is 423 g/mol. The molecule has 2 N–H and O–H groups in total. The number of nitrogens with one attached hydrogen (secondary N) is 1. The number of ether oxygens (including phenoxy) is 1. The maximum Gasteiger partial charge on any atom is 0.431 e. The number of alkyl halides is 3. The first-order valence-corrected chi connectivity index (χ1v) is 7.34. The minimum atomic E-state index is -5.02. The van der Waals surface area contributed by atoms with Gasteiger partial charge in [-0.25, -0.2) is 9.59 Å². The number of aliphatic carboxylic acids is 1. The lowest BCUT2D eigenvalue weighted by Gasteiger charge is -2.31. The third-order valence-corrected chi connectivity index (χ3v) is 3.90. The zero-order valence-corrected chi connectivity index (χ0v) is 15.2. The number of carbonyl (C=O) groups is 2. The summed E-state index contributed by atoms with van der Waals surface area (Å²) in [6.07, 6.45) is -5.02. The second-order valence-corrected chi connectivity index (χ2v) is 5.53. The van der Waals surface area contributed by atoms with Crippen molar-refractivity contribution in [1.29, 1.82) is 0 Å². The van der Waals surface area contributed by atoms with Gasteiger partial charge in [0, 0.05) is 17.8 Å². The molecule has 1 aromatic carbocycles. The Morgan fingerprint density at radius 3 is 2.36 bits per heavy atom. The Balaban J connectivity index is 0.00000392. The van der Waals surface area contributed by atoms with Crippen LogP contribution in [-0.2, 0) is 14.3 Å². The fraction of sp³-hybridized carbons (Fsp3) is 0.250. The Labute approximate surface area is 162 Å². The number of carboxylic acid groups (broad SMARTS) is 1. The number of allylic oxidation sites excluding steroid dienone is 2. The van der Waals surface area contributed by atoms with Crippen molar-refractivity contribution in [1.82, 2.24) is 5.32 Å². The number of benzene rings is 1. The van der Waals surface area contributed by atoms with Crippen LogP contribution in [0.15, 0.2) is 46.8 Å². The molecule has 0 saturated heterocycles. The summed E-state index contributed by atoms with van der Waals surface area (Å²) in [5.74, 6) is -4.70. The van der Waals surface area contributed by atoms with Crippen LogP contribution < -0.4 is 5.32 Å². The first kappa shape index (κ1) is 23.0. The number of nitro benzene ring substituents is 1. The van der Waals surface area contributed by atoms with E-state index in [2.05, 4.69) is 4.74 Å². The highest BCUT2D eigenvalue weighted by atomic mass is 35.5. The first-order valence-electron chi connectivity index (χ1n) is 7.34. The lowest BCUT2D eigenvalue weighted by atomic mass is 9.80. The first-order chi connectivity index (χ1) is 12.5. The third kappa shape index (κ3) is 4.25. The molecule has 0 bridgehead atoms. The van der Waals surface area contributed by atoms with Crippen LogP contribution in [0.4, 0.5) is 18.9 Å². The van der Waals surface area contributed by atoms with E-state index in [0.29, 0.717) is 0 Å². The monoisotopic (exact) mass is 422 g/mol. The minimum absolute atomic E-state index is 0. The minimum Gasteiger partial charge on any atom is -0.478 e. The molecule has 12 heteroatoms. The van der Waals surface area contributed by atoms with Crippen LogP contribution in [0.25, 0.3) is 0 Å². The highest BCUT2D eigenvalue weighted by molar-refractivity contribution is 5.99. The zero-order chi connectivity index (χ0) is 20.5. The molecule has 0 aromatic heterocycles. The molecule has 1 aliphatic heterocycles. The number of nitrogens with zero attached hydrogens (tertiary/aromatic N) is 1. The van der Waals surface area contributed by atoms with E-state index in [4.69, 9.17) is 0 Å². The fourth-order valence-corrected chi connectivity index (χ4v) is 2.82. The van der Waals surface area contributed by atoms with Gasteiger partial charge in [-0.15, -0.1) is 12.4 Å². The number of rotatable bonds is 4. The van der Waals surface area contributed by atoms with Crippen molar-refractivity contribution in [2.75, 3.05) is 7.11 Å². The van der Waals surface area contributed by atoms with E-state index in [9.17, 15) is 38.0 Å². The Kier molecular flexibility index (Phi) is 6.80. The van der Waals surface area contributed by atoms with E-state index in [1.807, 2.05) is 5.32 Å². The van der Waals surface area contributed by atoms with Gasteiger partial charge < -0.3 is 15.2 Å². The average Bonchev–Trinajstić information content (AvgIpc) is 2.59. The van der Waals surface area contributed by atoms with Crippen molar-refractivity contribution >= 4 is 30.0 Å². The second kappa shape index (κ2) is 8.30. The van der Waals surface area contributed by atoms with Crippen LogP contribution >= 0.6 is 12.4 Å². The van der Waals surface area contributed by atoms with Crippen molar-refractivity contribution < 1.29 is 37.5 Å². The van der Waals surface area contributed by atoms with E-state index < -0.39 is 51.5 Å². The number of halogens is 4. The number of methoxy groups -OCH3 is 1. The molecule has 8 nitrogen and oxygen atoms in total. The fourth-order valence-electron chi connectivity index (χ4n) is 2.82. The van der Waals surface area contributed by atoms with Crippen molar-refractivity contribution in [2.45, 2.75) is 19.0 Å².